The molecule has 4 nitrogen and oxygen atoms in total. The fourth-order valence-electron chi connectivity index (χ4n) is 5.50. The molecule has 0 amide bonds. The second-order valence-corrected chi connectivity index (χ2v) is 9.17. The van der Waals surface area contributed by atoms with Gasteiger partial charge in [0.15, 0.2) is 11.5 Å². The predicted molar refractivity (Wildman–Crippen MR) is 126 cm³/mol. The van der Waals surface area contributed by atoms with E-state index in [4.69, 9.17) is 14.2 Å². The van der Waals surface area contributed by atoms with Crippen LogP contribution in [0.3, 0.4) is 0 Å². The van der Waals surface area contributed by atoms with E-state index < -0.39 is 0 Å². The van der Waals surface area contributed by atoms with Gasteiger partial charge >= 0.3 is 0 Å². The van der Waals surface area contributed by atoms with Crippen molar-refractivity contribution in [2.24, 2.45) is 5.92 Å². The number of fused-ring (bicyclic) bond motifs is 1. The summed E-state index contributed by atoms with van der Waals surface area (Å²) in [6, 6.07) is 13.6. The van der Waals surface area contributed by atoms with Gasteiger partial charge in [0.1, 0.15) is 11.6 Å². The third-order valence-electron chi connectivity index (χ3n) is 7.21. The zero-order valence-electron chi connectivity index (χ0n) is 18.5. The average Bonchev–Trinajstić information content (AvgIpc) is 3.10. The lowest BCUT2D eigenvalue weighted by molar-refractivity contribution is 0.0726. The number of halogens is 2. The molecule has 0 bridgehead atoms. The highest BCUT2D eigenvalue weighted by molar-refractivity contribution is 5.85. The number of hydrogen-bond acceptors (Lipinski definition) is 4. The van der Waals surface area contributed by atoms with Gasteiger partial charge in [0.05, 0.1) is 6.61 Å². The minimum Gasteiger partial charge on any atom is -0.493 e. The van der Waals surface area contributed by atoms with Crippen molar-refractivity contribution in [2.75, 3.05) is 26.5 Å². The number of ether oxygens (including phenoxy) is 3. The van der Waals surface area contributed by atoms with Crippen molar-refractivity contribution < 1.29 is 18.6 Å². The maximum Gasteiger partial charge on any atom is 0.231 e. The van der Waals surface area contributed by atoms with Crippen molar-refractivity contribution in [2.45, 2.75) is 56.9 Å². The van der Waals surface area contributed by atoms with E-state index in [-0.39, 0.29) is 25.0 Å². The number of rotatable bonds is 5. The van der Waals surface area contributed by atoms with E-state index in [0.29, 0.717) is 24.5 Å². The highest BCUT2D eigenvalue weighted by Gasteiger charge is 2.34. The molecule has 0 unspecified atom stereocenters. The fourth-order valence-corrected chi connectivity index (χ4v) is 5.50. The van der Waals surface area contributed by atoms with Gasteiger partial charge in [-0.05, 0) is 61.6 Å². The van der Waals surface area contributed by atoms with Crippen LogP contribution in [-0.4, -0.2) is 37.4 Å². The van der Waals surface area contributed by atoms with Crippen LogP contribution in [0.2, 0.25) is 0 Å². The van der Waals surface area contributed by atoms with Crippen LogP contribution in [-0.2, 0) is 0 Å². The van der Waals surface area contributed by atoms with Crippen molar-refractivity contribution in [3.8, 4) is 17.2 Å². The Hall–Kier alpha value is -1.98. The number of piperidine rings is 1. The van der Waals surface area contributed by atoms with E-state index in [0.717, 1.165) is 36.8 Å². The standard InChI is InChI=1S/C26H32FNO3.ClH/c27-21-9-7-19(8-10-21)24-13-14-28(22-5-3-1-2-4-6-22)16-20(24)17-29-23-11-12-25-26(15-23)31-18-30-25;/h7-12,15,20,22,24H,1-6,13-14,16-18H2;1H/t20-,24-;/m0./s1. The van der Waals surface area contributed by atoms with Gasteiger partial charge in [-0.3, -0.25) is 4.90 Å². The summed E-state index contributed by atoms with van der Waals surface area (Å²) in [6.45, 7) is 3.07. The van der Waals surface area contributed by atoms with Gasteiger partial charge in [-0.15, -0.1) is 12.4 Å². The van der Waals surface area contributed by atoms with Crippen molar-refractivity contribution in [3.05, 3.63) is 53.8 Å². The van der Waals surface area contributed by atoms with Crippen LogP contribution >= 0.6 is 12.4 Å². The van der Waals surface area contributed by atoms with E-state index in [1.165, 1.54) is 44.1 Å². The molecule has 0 N–H and O–H groups in total. The molecule has 1 saturated carbocycles. The lowest BCUT2D eigenvalue weighted by Gasteiger charge is -2.42. The Balaban J connectivity index is 0.00000245. The van der Waals surface area contributed by atoms with Crippen LogP contribution in [0.1, 0.15) is 56.4 Å². The summed E-state index contributed by atoms with van der Waals surface area (Å²) in [5.74, 6) is 2.91. The molecule has 6 heteroatoms. The second-order valence-electron chi connectivity index (χ2n) is 9.17. The molecule has 2 aromatic rings. The zero-order chi connectivity index (χ0) is 21.0. The first-order chi connectivity index (χ1) is 15.3. The number of likely N-dealkylation sites (tertiary alicyclic amines) is 1. The molecule has 32 heavy (non-hydrogen) atoms. The summed E-state index contributed by atoms with van der Waals surface area (Å²) in [5, 5.41) is 0. The lowest BCUT2D eigenvalue weighted by Crippen LogP contribution is -2.46. The second kappa shape index (κ2) is 10.8. The molecule has 2 aliphatic heterocycles. The Bertz CT molecular complexity index is 870. The van der Waals surface area contributed by atoms with Gasteiger partial charge in [0.25, 0.3) is 0 Å². The molecule has 0 radical (unpaired) electrons. The minimum atomic E-state index is -0.173. The van der Waals surface area contributed by atoms with Gasteiger partial charge in [-0.1, -0.05) is 37.8 Å². The number of nitrogens with zero attached hydrogens (tertiary/aromatic N) is 1. The maximum absolute atomic E-state index is 13.5. The van der Waals surface area contributed by atoms with E-state index in [9.17, 15) is 4.39 Å². The quantitative estimate of drug-likeness (QED) is 0.497. The molecular weight excluding hydrogens is 429 g/mol. The molecule has 174 valence electrons. The van der Waals surface area contributed by atoms with E-state index in [2.05, 4.69) is 4.90 Å². The Morgan fingerprint density at radius 2 is 1.66 bits per heavy atom. The van der Waals surface area contributed by atoms with Crippen LogP contribution in [0.4, 0.5) is 4.39 Å². The molecule has 2 fully saturated rings. The summed E-state index contributed by atoms with van der Waals surface area (Å²) in [4.78, 5) is 2.71. The predicted octanol–water partition coefficient (Wildman–Crippen LogP) is 6.18. The number of benzene rings is 2. The molecule has 5 rings (SSSR count). The normalized spacial score (nSPS) is 23.9. The minimum absolute atomic E-state index is 0. The van der Waals surface area contributed by atoms with Crippen LogP contribution in [0.15, 0.2) is 42.5 Å². The summed E-state index contributed by atoms with van der Waals surface area (Å²) >= 11 is 0. The van der Waals surface area contributed by atoms with E-state index >= 15 is 0 Å². The first-order valence-corrected chi connectivity index (χ1v) is 11.8. The van der Waals surface area contributed by atoms with Crippen LogP contribution < -0.4 is 14.2 Å². The molecule has 1 saturated heterocycles. The highest BCUT2D eigenvalue weighted by atomic mass is 35.5. The summed E-state index contributed by atoms with van der Waals surface area (Å²) in [7, 11) is 0. The monoisotopic (exact) mass is 461 g/mol. The topological polar surface area (TPSA) is 30.9 Å². The third-order valence-corrected chi connectivity index (χ3v) is 7.21. The van der Waals surface area contributed by atoms with Crippen molar-refractivity contribution >= 4 is 12.4 Å². The third kappa shape index (κ3) is 5.32. The van der Waals surface area contributed by atoms with Crippen LogP contribution in [0, 0.1) is 11.7 Å². The molecule has 2 atom stereocenters. The molecule has 3 aliphatic rings. The Morgan fingerprint density at radius 3 is 2.44 bits per heavy atom. The van der Waals surface area contributed by atoms with Gasteiger partial charge in [0, 0.05) is 24.6 Å². The molecule has 2 heterocycles. The first-order valence-electron chi connectivity index (χ1n) is 11.8. The highest BCUT2D eigenvalue weighted by Crippen LogP contribution is 2.38. The Labute approximate surface area is 196 Å². The Morgan fingerprint density at radius 1 is 0.906 bits per heavy atom. The summed E-state index contributed by atoms with van der Waals surface area (Å²) in [6.07, 6.45) is 9.17. The van der Waals surface area contributed by atoms with Gasteiger partial charge in [-0.25, -0.2) is 4.39 Å². The maximum atomic E-state index is 13.5. The molecular formula is C26H33ClFNO3. The smallest absolute Gasteiger partial charge is 0.231 e. The zero-order valence-corrected chi connectivity index (χ0v) is 19.3. The first kappa shape index (κ1) is 23.2. The largest absolute Gasteiger partial charge is 0.493 e. The van der Waals surface area contributed by atoms with Crippen molar-refractivity contribution in [1.29, 1.82) is 0 Å². The van der Waals surface area contributed by atoms with Gasteiger partial charge < -0.3 is 14.2 Å². The lowest BCUT2D eigenvalue weighted by atomic mass is 9.80. The van der Waals surface area contributed by atoms with Gasteiger partial charge in [-0.2, -0.15) is 0 Å². The SMILES string of the molecule is Cl.Fc1ccc([C@@H]2CCN(C3CCCCCC3)C[C@H]2COc2ccc3c(c2)OCO3)cc1. The van der Waals surface area contributed by atoms with Crippen LogP contribution in [0.25, 0.3) is 0 Å². The average molecular weight is 462 g/mol. The molecule has 1 aliphatic carbocycles. The molecule has 0 aromatic heterocycles. The molecule has 0 spiro atoms. The van der Waals surface area contributed by atoms with E-state index in [1.807, 2.05) is 30.3 Å². The van der Waals surface area contributed by atoms with Crippen LogP contribution in [0.5, 0.6) is 17.2 Å². The fraction of sp³-hybridized carbons (Fsp3) is 0.538. The van der Waals surface area contributed by atoms with Gasteiger partial charge in [0.2, 0.25) is 6.79 Å². The van der Waals surface area contributed by atoms with Crippen molar-refractivity contribution in [3.63, 3.8) is 0 Å². The molecule has 2 aromatic carbocycles. The summed E-state index contributed by atoms with van der Waals surface area (Å²) in [5.41, 5.74) is 1.22. The number of hydrogen-bond donors (Lipinski definition) is 0. The Kier molecular flexibility index (Phi) is 7.80. The van der Waals surface area contributed by atoms with E-state index in [1.54, 1.807) is 12.1 Å². The van der Waals surface area contributed by atoms with Crippen molar-refractivity contribution in [1.82, 2.24) is 4.90 Å². The summed E-state index contributed by atoms with van der Waals surface area (Å²) < 4.78 is 30.7.